The molecule has 6 heteroatoms. The molecular weight excluding hydrogens is 349 g/mol. The van der Waals surface area contributed by atoms with Gasteiger partial charge in [-0.15, -0.1) is 0 Å². The van der Waals surface area contributed by atoms with Crippen LogP contribution in [0.2, 0.25) is 0 Å². The molecule has 0 spiro atoms. The summed E-state index contributed by atoms with van der Waals surface area (Å²) >= 11 is 0. The topological polar surface area (TPSA) is 61.6 Å². The Morgan fingerprint density at radius 3 is 2.70 bits per heavy atom. The zero-order valence-corrected chi connectivity index (χ0v) is 14.6. The quantitative estimate of drug-likeness (QED) is 0.622. The van der Waals surface area contributed by atoms with Crippen molar-refractivity contribution in [3.63, 3.8) is 0 Å². The van der Waals surface area contributed by atoms with E-state index in [1.165, 1.54) is 12.3 Å². The van der Waals surface area contributed by atoms with Crippen LogP contribution in [-0.2, 0) is 9.47 Å². The maximum absolute atomic E-state index is 14.0. The van der Waals surface area contributed by atoms with Gasteiger partial charge in [-0.3, -0.25) is 0 Å². The lowest BCUT2D eigenvalue weighted by Gasteiger charge is -2.11. The fourth-order valence-corrected chi connectivity index (χ4v) is 3.05. The normalized spacial score (nSPS) is 16.4. The second kappa shape index (κ2) is 7.72. The van der Waals surface area contributed by atoms with E-state index >= 15 is 0 Å². The lowest BCUT2D eigenvalue weighted by molar-refractivity contribution is 0.0162. The number of oxazole rings is 1. The lowest BCUT2D eigenvalue weighted by Crippen LogP contribution is -2.18. The SMILES string of the molecule is O=C(OC[C@@H]1CCCO1)c1ccccc1-c1ncc(-c2ccccc2F)o1. The van der Waals surface area contributed by atoms with Crippen molar-refractivity contribution in [2.75, 3.05) is 13.2 Å². The minimum absolute atomic E-state index is 0.0458. The van der Waals surface area contributed by atoms with Crippen LogP contribution in [0.15, 0.2) is 59.1 Å². The van der Waals surface area contributed by atoms with E-state index in [4.69, 9.17) is 13.9 Å². The Balaban J connectivity index is 1.58. The predicted molar refractivity (Wildman–Crippen MR) is 96.6 cm³/mol. The van der Waals surface area contributed by atoms with Crippen LogP contribution in [0.4, 0.5) is 4.39 Å². The van der Waals surface area contributed by atoms with Crippen molar-refractivity contribution < 1.29 is 23.1 Å². The number of halogens is 1. The van der Waals surface area contributed by atoms with E-state index in [-0.39, 0.29) is 18.6 Å². The Bertz CT molecular complexity index is 947. The summed E-state index contributed by atoms with van der Waals surface area (Å²) in [6, 6.07) is 13.2. The summed E-state index contributed by atoms with van der Waals surface area (Å²) in [5.41, 5.74) is 1.16. The molecule has 0 unspecified atom stereocenters. The van der Waals surface area contributed by atoms with E-state index < -0.39 is 11.8 Å². The Hall–Kier alpha value is -2.99. The summed E-state index contributed by atoms with van der Waals surface area (Å²) in [7, 11) is 0. The number of esters is 1. The summed E-state index contributed by atoms with van der Waals surface area (Å²) in [6.07, 6.45) is 3.27. The first-order valence-electron chi connectivity index (χ1n) is 8.81. The van der Waals surface area contributed by atoms with Crippen molar-refractivity contribution in [3.8, 4) is 22.8 Å². The van der Waals surface area contributed by atoms with Crippen molar-refractivity contribution in [1.29, 1.82) is 0 Å². The van der Waals surface area contributed by atoms with Gasteiger partial charge in [0.25, 0.3) is 0 Å². The van der Waals surface area contributed by atoms with Gasteiger partial charge in [-0.25, -0.2) is 14.2 Å². The molecule has 3 aromatic rings. The number of hydrogen-bond acceptors (Lipinski definition) is 5. The molecular formula is C21H18FNO4. The molecule has 0 aliphatic carbocycles. The van der Waals surface area contributed by atoms with Gasteiger partial charge in [0.15, 0.2) is 5.76 Å². The van der Waals surface area contributed by atoms with Crippen LogP contribution < -0.4 is 0 Å². The molecule has 1 aromatic heterocycles. The van der Waals surface area contributed by atoms with Crippen molar-refractivity contribution in [3.05, 3.63) is 66.1 Å². The second-order valence-corrected chi connectivity index (χ2v) is 6.29. The fourth-order valence-electron chi connectivity index (χ4n) is 3.05. The Labute approximate surface area is 155 Å². The highest BCUT2D eigenvalue weighted by Gasteiger charge is 2.21. The molecule has 1 aliphatic heterocycles. The first kappa shape index (κ1) is 17.4. The van der Waals surface area contributed by atoms with Crippen LogP contribution in [0.25, 0.3) is 22.8 Å². The molecule has 5 nitrogen and oxygen atoms in total. The van der Waals surface area contributed by atoms with Crippen LogP contribution in [-0.4, -0.2) is 30.3 Å². The monoisotopic (exact) mass is 367 g/mol. The second-order valence-electron chi connectivity index (χ2n) is 6.29. The van der Waals surface area contributed by atoms with E-state index in [1.807, 2.05) is 0 Å². The van der Waals surface area contributed by atoms with Crippen LogP contribution in [0.1, 0.15) is 23.2 Å². The number of ether oxygens (including phenoxy) is 2. The third kappa shape index (κ3) is 3.75. The number of nitrogens with zero attached hydrogens (tertiary/aromatic N) is 1. The third-order valence-corrected chi connectivity index (χ3v) is 4.45. The molecule has 4 rings (SSSR count). The highest BCUT2D eigenvalue weighted by Crippen LogP contribution is 2.30. The van der Waals surface area contributed by atoms with E-state index in [1.54, 1.807) is 42.5 Å². The molecule has 0 amide bonds. The Morgan fingerprint density at radius 2 is 1.93 bits per heavy atom. The van der Waals surface area contributed by atoms with Gasteiger partial charge in [-0.05, 0) is 37.1 Å². The van der Waals surface area contributed by atoms with Crippen LogP contribution in [0, 0.1) is 5.82 Å². The van der Waals surface area contributed by atoms with Gasteiger partial charge < -0.3 is 13.9 Å². The summed E-state index contributed by atoms with van der Waals surface area (Å²) in [5.74, 6) is -0.334. The van der Waals surface area contributed by atoms with Gasteiger partial charge in [0.1, 0.15) is 12.4 Å². The van der Waals surface area contributed by atoms with Gasteiger partial charge in [0.05, 0.1) is 29.0 Å². The maximum Gasteiger partial charge on any atom is 0.339 e. The number of hydrogen-bond donors (Lipinski definition) is 0. The molecule has 1 aliphatic rings. The Morgan fingerprint density at radius 1 is 1.15 bits per heavy atom. The highest BCUT2D eigenvalue weighted by molar-refractivity contribution is 5.96. The molecule has 1 atom stereocenters. The maximum atomic E-state index is 14.0. The molecule has 1 fully saturated rings. The predicted octanol–water partition coefficient (Wildman–Crippen LogP) is 4.48. The van der Waals surface area contributed by atoms with Gasteiger partial charge in [-0.2, -0.15) is 0 Å². The van der Waals surface area contributed by atoms with Crippen molar-refractivity contribution in [1.82, 2.24) is 4.98 Å². The zero-order chi connectivity index (χ0) is 18.6. The Kier molecular flexibility index (Phi) is 4.98. The molecule has 0 radical (unpaired) electrons. The van der Waals surface area contributed by atoms with Crippen molar-refractivity contribution in [2.45, 2.75) is 18.9 Å². The van der Waals surface area contributed by atoms with E-state index in [9.17, 15) is 9.18 Å². The lowest BCUT2D eigenvalue weighted by atomic mass is 10.1. The van der Waals surface area contributed by atoms with E-state index in [2.05, 4.69) is 4.98 Å². The summed E-state index contributed by atoms with van der Waals surface area (Å²) in [4.78, 5) is 16.7. The van der Waals surface area contributed by atoms with Crippen LogP contribution in [0.3, 0.4) is 0 Å². The van der Waals surface area contributed by atoms with Crippen molar-refractivity contribution in [2.24, 2.45) is 0 Å². The smallest absolute Gasteiger partial charge is 0.339 e. The minimum Gasteiger partial charge on any atom is -0.459 e. The summed E-state index contributed by atoms with van der Waals surface area (Å²) < 4.78 is 30.6. The molecule has 0 bridgehead atoms. The molecule has 1 saturated heterocycles. The summed E-state index contributed by atoms with van der Waals surface area (Å²) in [5, 5.41) is 0. The third-order valence-electron chi connectivity index (χ3n) is 4.45. The highest BCUT2D eigenvalue weighted by atomic mass is 19.1. The molecule has 2 aromatic carbocycles. The molecule has 0 N–H and O–H groups in total. The van der Waals surface area contributed by atoms with E-state index in [0.29, 0.717) is 29.1 Å². The number of carbonyl (C=O) groups excluding carboxylic acids is 1. The average Bonchev–Trinajstić information content (AvgIpc) is 3.38. The molecule has 2 heterocycles. The largest absolute Gasteiger partial charge is 0.459 e. The van der Waals surface area contributed by atoms with E-state index in [0.717, 1.165) is 12.8 Å². The van der Waals surface area contributed by atoms with Gasteiger partial charge in [0, 0.05) is 6.61 Å². The first-order chi connectivity index (χ1) is 13.2. The molecule has 138 valence electrons. The first-order valence-corrected chi connectivity index (χ1v) is 8.81. The van der Waals surface area contributed by atoms with Crippen LogP contribution in [0.5, 0.6) is 0 Å². The van der Waals surface area contributed by atoms with Gasteiger partial charge in [0.2, 0.25) is 5.89 Å². The van der Waals surface area contributed by atoms with Gasteiger partial charge >= 0.3 is 5.97 Å². The zero-order valence-electron chi connectivity index (χ0n) is 14.6. The number of benzene rings is 2. The standard InChI is InChI=1S/C21H18FNO4/c22-18-10-4-3-9-17(18)19-12-23-20(27-19)15-7-1-2-8-16(15)21(24)26-13-14-6-5-11-25-14/h1-4,7-10,12,14H,5-6,11,13H2/t14-/m0/s1. The average molecular weight is 367 g/mol. The number of rotatable bonds is 5. The summed E-state index contributed by atoms with van der Waals surface area (Å²) in [6.45, 7) is 0.924. The molecule has 27 heavy (non-hydrogen) atoms. The van der Waals surface area contributed by atoms with Gasteiger partial charge in [-0.1, -0.05) is 24.3 Å². The van der Waals surface area contributed by atoms with Crippen LogP contribution >= 0.6 is 0 Å². The van der Waals surface area contributed by atoms with Crippen molar-refractivity contribution >= 4 is 5.97 Å². The minimum atomic E-state index is -0.466. The molecule has 0 saturated carbocycles. The number of aromatic nitrogens is 1. The number of carbonyl (C=O) groups is 1. The fraction of sp³-hybridized carbons (Fsp3) is 0.238.